The number of carbonyl (C=O) groups is 1. The molecule has 3 aromatic carbocycles. The smallest absolute Gasteiger partial charge is 0.270 e. The number of hydrogen-bond acceptors (Lipinski definition) is 5. The fraction of sp³-hybridized carbons (Fsp3) is 0.120. The van der Waals surface area contributed by atoms with Gasteiger partial charge in [0.25, 0.3) is 5.91 Å². The molecular formula is C25H18BrCl2NO3S2. The highest BCUT2D eigenvalue weighted by atomic mass is 79.9. The van der Waals surface area contributed by atoms with Crippen molar-refractivity contribution in [1.29, 1.82) is 0 Å². The van der Waals surface area contributed by atoms with Crippen molar-refractivity contribution in [3.05, 3.63) is 91.2 Å². The number of anilines is 1. The molecule has 1 heterocycles. The molecule has 1 aliphatic rings. The van der Waals surface area contributed by atoms with E-state index < -0.39 is 0 Å². The van der Waals surface area contributed by atoms with Crippen molar-refractivity contribution < 1.29 is 14.3 Å². The van der Waals surface area contributed by atoms with Crippen molar-refractivity contribution in [2.75, 3.05) is 11.5 Å². The van der Waals surface area contributed by atoms with Gasteiger partial charge in [-0.15, -0.1) is 0 Å². The van der Waals surface area contributed by atoms with E-state index in [0.29, 0.717) is 37.4 Å². The van der Waals surface area contributed by atoms with E-state index in [-0.39, 0.29) is 12.5 Å². The zero-order valence-corrected chi connectivity index (χ0v) is 22.6. The van der Waals surface area contributed by atoms with Gasteiger partial charge in [0.15, 0.2) is 15.8 Å². The molecular weight excluding hydrogens is 577 g/mol. The second-order valence-electron chi connectivity index (χ2n) is 7.16. The van der Waals surface area contributed by atoms with Gasteiger partial charge in [0.05, 0.1) is 17.2 Å². The summed E-state index contributed by atoms with van der Waals surface area (Å²) < 4.78 is 13.1. The van der Waals surface area contributed by atoms with Gasteiger partial charge in [0.1, 0.15) is 6.61 Å². The number of thioether (sulfide) groups is 1. The van der Waals surface area contributed by atoms with Gasteiger partial charge in [-0.2, -0.15) is 0 Å². The fourth-order valence-corrected chi connectivity index (χ4v) is 5.40. The molecule has 0 aliphatic carbocycles. The lowest BCUT2D eigenvalue weighted by atomic mass is 10.1. The normalized spacial score (nSPS) is 14.7. The van der Waals surface area contributed by atoms with E-state index in [0.717, 1.165) is 21.3 Å². The molecule has 9 heteroatoms. The van der Waals surface area contributed by atoms with Crippen LogP contribution in [0.2, 0.25) is 10.0 Å². The lowest BCUT2D eigenvalue weighted by molar-refractivity contribution is -0.113. The van der Waals surface area contributed by atoms with Crippen molar-refractivity contribution in [2.45, 2.75) is 13.5 Å². The number of nitrogens with zero attached hydrogens (tertiary/aromatic N) is 1. The Kier molecular flexibility index (Phi) is 8.22. The molecule has 3 aromatic rings. The molecule has 1 aliphatic heterocycles. The Bertz CT molecular complexity index is 1300. The summed E-state index contributed by atoms with van der Waals surface area (Å²) in [5, 5.41) is 1.10. The van der Waals surface area contributed by atoms with Gasteiger partial charge >= 0.3 is 0 Å². The molecule has 34 heavy (non-hydrogen) atoms. The molecule has 0 N–H and O–H groups in total. The summed E-state index contributed by atoms with van der Waals surface area (Å²) in [5.74, 6) is 0.985. The van der Waals surface area contributed by atoms with Crippen molar-refractivity contribution >= 4 is 85.1 Å². The van der Waals surface area contributed by atoms with Crippen LogP contribution in [0.25, 0.3) is 6.08 Å². The Morgan fingerprint density at radius 1 is 1.06 bits per heavy atom. The summed E-state index contributed by atoms with van der Waals surface area (Å²) in [6.07, 6.45) is 1.81. The molecule has 4 rings (SSSR count). The van der Waals surface area contributed by atoms with E-state index in [1.54, 1.807) is 18.2 Å². The van der Waals surface area contributed by atoms with E-state index in [1.165, 1.54) is 16.7 Å². The van der Waals surface area contributed by atoms with Gasteiger partial charge in [-0.25, -0.2) is 0 Å². The second kappa shape index (κ2) is 11.1. The van der Waals surface area contributed by atoms with E-state index in [9.17, 15) is 4.79 Å². The zero-order chi connectivity index (χ0) is 24.2. The maximum Gasteiger partial charge on any atom is 0.270 e. The highest BCUT2D eigenvalue weighted by molar-refractivity contribution is 9.10. The highest BCUT2D eigenvalue weighted by Crippen LogP contribution is 2.38. The minimum absolute atomic E-state index is 0.163. The van der Waals surface area contributed by atoms with Crippen molar-refractivity contribution in [3.63, 3.8) is 0 Å². The SMILES string of the molecule is CCOc1cc(/C=C2/SC(=S)N(c3cccc(Br)c3)C2=O)ccc1OCc1ccc(Cl)cc1Cl. The largest absolute Gasteiger partial charge is 0.490 e. The Balaban J connectivity index is 1.56. The summed E-state index contributed by atoms with van der Waals surface area (Å²) in [4.78, 5) is 15.2. The van der Waals surface area contributed by atoms with Crippen LogP contribution in [-0.4, -0.2) is 16.8 Å². The first-order valence-electron chi connectivity index (χ1n) is 10.2. The van der Waals surface area contributed by atoms with Crippen LogP contribution >= 0.6 is 63.1 Å². The maximum atomic E-state index is 13.1. The maximum absolute atomic E-state index is 13.1. The molecule has 1 saturated heterocycles. The third-order valence-electron chi connectivity index (χ3n) is 4.82. The minimum atomic E-state index is -0.163. The number of benzene rings is 3. The number of halogens is 3. The first-order valence-corrected chi connectivity index (χ1v) is 13.0. The number of amides is 1. The van der Waals surface area contributed by atoms with Crippen molar-refractivity contribution in [1.82, 2.24) is 0 Å². The van der Waals surface area contributed by atoms with Crippen LogP contribution in [0.3, 0.4) is 0 Å². The summed E-state index contributed by atoms with van der Waals surface area (Å²) in [5.41, 5.74) is 2.34. The molecule has 0 saturated carbocycles. The van der Waals surface area contributed by atoms with Gasteiger partial charge in [-0.05, 0) is 61.0 Å². The average molecular weight is 595 g/mol. The Labute approximate surface area is 226 Å². The van der Waals surface area contributed by atoms with E-state index in [1.807, 2.05) is 55.5 Å². The quantitative estimate of drug-likeness (QED) is 0.204. The minimum Gasteiger partial charge on any atom is -0.490 e. The predicted octanol–water partition coefficient (Wildman–Crippen LogP) is 8.14. The summed E-state index contributed by atoms with van der Waals surface area (Å²) in [6, 6.07) is 18.3. The number of carbonyl (C=O) groups excluding carboxylic acids is 1. The Morgan fingerprint density at radius 3 is 2.62 bits per heavy atom. The van der Waals surface area contributed by atoms with Crippen LogP contribution in [0, 0.1) is 0 Å². The molecule has 0 bridgehead atoms. The second-order valence-corrected chi connectivity index (χ2v) is 10.6. The molecule has 1 fully saturated rings. The lowest BCUT2D eigenvalue weighted by Gasteiger charge is -2.14. The van der Waals surface area contributed by atoms with E-state index >= 15 is 0 Å². The first-order chi connectivity index (χ1) is 16.4. The molecule has 4 nitrogen and oxygen atoms in total. The fourth-order valence-electron chi connectivity index (χ4n) is 3.25. The van der Waals surface area contributed by atoms with E-state index in [4.69, 9.17) is 44.9 Å². The molecule has 0 spiro atoms. The Hall–Kier alpha value is -2.03. The Morgan fingerprint density at radius 2 is 1.88 bits per heavy atom. The summed E-state index contributed by atoms with van der Waals surface area (Å²) in [6.45, 7) is 2.63. The number of rotatable bonds is 7. The van der Waals surface area contributed by atoms with Gasteiger partial charge in [-0.3, -0.25) is 9.69 Å². The molecule has 0 unspecified atom stereocenters. The van der Waals surface area contributed by atoms with Gasteiger partial charge in [0.2, 0.25) is 0 Å². The van der Waals surface area contributed by atoms with Gasteiger partial charge < -0.3 is 9.47 Å². The number of thiocarbonyl (C=S) groups is 1. The van der Waals surface area contributed by atoms with Crippen molar-refractivity contribution in [3.8, 4) is 11.5 Å². The predicted molar refractivity (Wildman–Crippen MR) is 148 cm³/mol. The third-order valence-corrected chi connectivity index (χ3v) is 7.21. The third kappa shape index (κ3) is 5.78. The van der Waals surface area contributed by atoms with Gasteiger partial charge in [-0.1, -0.05) is 81.3 Å². The van der Waals surface area contributed by atoms with Crippen LogP contribution in [0.1, 0.15) is 18.1 Å². The molecule has 0 atom stereocenters. The zero-order valence-electron chi connectivity index (χ0n) is 17.9. The van der Waals surface area contributed by atoms with Gasteiger partial charge in [0, 0.05) is 20.1 Å². The van der Waals surface area contributed by atoms with Crippen molar-refractivity contribution in [2.24, 2.45) is 0 Å². The van der Waals surface area contributed by atoms with Crippen LogP contribution in [0.5, 0.6) is 11.5 Å². The average Bonchev–Trinajstić information content (AvgIpc) is 3.07. The van der Waals surface area contributed by atoms with E-state index in [2.05, 4.69) is 15.9 Å². The highest BCUT2D eigenvalue weighted by Gasteiger charge is 2.33. The lowest BCUT2D eigenvalue weighted by Crippen LogP contribution is -2.27. The molecule has 174 valence electrons. The first kappa shape index (κ1) is 25.1. The van der Waals surface area contributed by atoms with Crippen LogP contribution in [0.4, 0.5) is 5.69 Å². The number of ether oxygens (including phenoxy) is 2. The number of hydrogen-bond donors (Lipinski definition) is 0. The molecule has 0 radical (unpaired) electrons. The van der Waals surface area contributed by atoms with Crippen LogP contribution in [0.15, 0.2) is 70.0 Å². The summed E-state index contributed by atoms with van der Waals surface area (Å²) >= 11 is 22.4. The standard InChI is InChI=1S/C25H18BrCl2NO3S2/c1-2-31-22-10-15(6-9-21(22)32-14-16-7-8-18(27)13-20(16)28)11-23-24(30)29(25(33)34-23)19-5-3-4-17(26)12-19/h3-13H,2,14H2,1H3/b23-11+. The monoisotopic (exact) mass is 593 g/mol. The topological polar surface area (TPSA) is 38.8 Å². The van der Waals surface area contributed by atoms with Crippen LogP contribution in [-0.2, 0) is 11.4 Å². The van der Waals surface area contributed by atoms with Crippen LogP contribution < -0.4 is 14.4 Å². The molecule has 0 aromatic heterocycles. The summed E-state index contributed by atoms with van der Waals surface area (Å²) in [7, 11) is 0. The molecule has 1 amide bonds.